The van der Waals surface area contributed by atoms with Crippen LogP contribution in [0.25, 0.3) is 0 Å². The Hall–Kier alpha value is -2.04. The van der Waals surface area contributed by atoms with Crippen molar-refractivity contribution in [3.63, 3.8) is 0 Å². The Morgan fingerprint density at radius 1 is 0.759 bits per heavy atom. The maximum Gasteiger partial charge on any atom is 0.160 e. The largest absolute Gasteiger partial charge is 0.493 e. The molecule has 0 amide bonds. The third-order valence-electron chi connectivity index (χ3n) is 6.76. The van der Waals surface area contributed by atoms with Crippen molar-refractivity contribution in [3.8, 4) is 11.5 Å². The lowest BCUT2D eigenvalue weighted by molar-refractivity contribution is 0.243. The number of hydrogen-bond donors (Lipinski definition) is 0. The molecule has 0 aromatic heterocycles. The van der Waals surface area contributed by atoms with Crippen molar-refractivity contribution in [1.82, 2.24) is 9.80 Å². The number of hydrogen-bond acceptors (Lipinski definition) is 4. The predicted molar refractivity (Wildman–Crippen MR) is 118 cm³/mol. The molecular weight excluding hydrogens is 360 g/mol. The molecule has 1 unspecified atom stereocenters. The van der Waals surface area contributed by atoms with Crippen LogP contribution < -0.4 is 9.47 Å². The Morgan fingerprint density at radius 3 is 2.00 bits per heavy atom. The molecule has 2 aromatic rings. The van der Waals surface area contributed by atoms with Crippen molar-refractivity contribution in [1.29, 1.82) is 0 Å². The van der Waals surface area contributed by atoms with Crippen LogP contribution in [-0.2, 0) is 12.8 Å². The molecule has 0 saturated carbocycles. The van der Waals surface area contributed by atoms with E-state index in [2.05, 4.69) is 52.3 Å². The topological polar surface area (TPSA) is 24.9 Å². The molecule has 1 atom stereocenters. The molecule has 0 bridgehead atoms. The first kappa shape index (κ1) is 20.2. The molecule has 0 radical (unpaired) electrons. The Kier molecular flexibility index (Phi) is 6.41. The molecule has 2 fully saturated rings. The summed E-state index contributed by atoms with van der Waals surface area (Å²) in [5.41, 5.74) is 3.30. The van der Waals surface area contributed by atoms with Crippen LogP contribution in [0.2, 0.25) is 0 Å². The van der Waals surface area contributed by atoms with Gasteiger partial charge in [0.25, 0.3) is 0 Å². The molecule has 4 rings (SSSR count). The van der Waals surface area contributed by atoms with Gasteiger partial charge >= 0.3 is 0 Å². The van der Waals surface area contributed by atoms with Crippen molar-refractivity contribution >= 4 is 0 Å². The average Bonchev–Trinajstić information content (AvgIpc) is 3.37. The van der Waals surface area contributed by atoms with E-state index in [4.69, 9.17) is 9.47 Å². The summed E-state index contributed by atoms with van der Waals surface area (Å²) < 4.78 is 10.8. The summed E-state index contributed by atoms with van der Waals surface area (Å²) >= 11 is 0. The Morgan fingerprint density at radius 2 is 1.38 bits per heavy atom. The van der Waals surface area contributed by atoms with Crippen LogP contribution >= 0.6 is 0 Å². The maximum absolute atomic E-state index is 5.45. The van der Waals surface area contributed by atoms with Crippen molar-refractivity contribution in [2.45, 2.75) is 25.7 Å². The van der Waals surface area contributed by atoms with Gasteiger partial charge in [-0.3, -0.25) is 0 Å². The highest BCUT2D eigenvalue weighted by atomic mass is 16.5. The summed E-state index contributed by atoms with van der Waals surface area (Å²) in [6, 6.07) is 17.2. The molecular formula is C25H34N2O2. The first-order chi connectivity index (χ1) is 14.2. The van der Waals surface area contributed by atoms with Gasteiger partial charge in [0.05, 0.1) is 14.2 Å². The minimum absolute atomic E-state index is 0.522. The molecule has 2 saturated heterocycles. The van der Waals surface area contributed by atoms with E-state index in [-0.39, 0.29) is 0 Å². The van der Waals surface area contributed by atoms with E-state index in [0.29, 0.717) is 5.41 Å². The summed E-state index contributed by atoms with van der Waals surface area (Å²) in [5.74, 6) is 1.63. The Balaban J connectivity index is 1.25. The zero-order valence-corrected chi connectivity index (χ0v) is 17.9. The first-order valence-corrected chi connectivity index (χ1v) is 10.9. The van der Waals surface area contributed by atoms with Crippen LogP contribution in [0.15, 0.2) is 48.5 Å². The molecule has 4 nitrogen and oxygen atoms in total. The minimum atomic E-state index is 0.522. The summed E-state index contributed by atoms with van der Waals surface area (Å²) in [7, 11) is 3.39. The molecule has 0 N–H and O–H groups in total. The van der Waals surface area contributed by atoms with Crippen molar-refractivity contribution in [2.24, 2.45) is 5.41 Å². The second-order valence-electron chi connectivity index (χ2n) is 8.73. The molecule has 2 aliphatic heterocycles. The highest BCUT2D eigenvalue weighted by Gasteiger charge is 2.42. The average molecular weight is 395 g/mol. The molecule has 2 aliphatic rings. The standard InChI is InChI=1S/C25H34N2O2/c1-28-23-9-8-22(18-24(23)29-2)11-15-27-17-13-25(20-27)12-16-26(19-25)14-10-21-6-4-3-5-7-21/h3-9,18H,10-17,19-20H2,1-2H3. The van der Waals surface area contributed by atoms with Crippen LogP contribution in [0.3, 0.4) is 0 Å². The molecule has 156 valence electrons. The fourth-order valence-electron chi connectivity index (χ4n) is 5.03. The summed E-state index contributed by atoms with van der Waals surface area (Å²) in [6.07, 6.45) is 4.93. The highest BCUT2D eigenvalue weighted by molar-refractivity contribution is 5.42. The molecule has 29 heavy (non-hydrogen) atoms. The smallest absolute Gasteiger partial charge is 0.160 e. The van der Waals surface area contributed by atoms with Gasteiger partial charge in [-0.1, -0.05) is 36.4 Å². The predicted octanol–water partition coefficient (Wildman–Crippen LogP) is 3.89. The lowest BCUT2D eigenvalue weighted by Gasteiger charge is -2.25. The van der Waals surface area contributed by atoms with Gasteiger partial charge in [0.15, 0.2) is 11.5 Å². The molecule has 2 heterocycles. The van der Waals surface area contributed by atoms with Crippen molar-refractivity contribution < 1.29 is 9.47 Å². The minimum Gasteiger partial charge on any atom is -0.493 e. The normalized spacial score (nSPS) is 22.4. The van der Waals surface area contributed by atoms with E-state index in [9.17, 15) is 0 Å². The van der Waals surface area contributed by atoms with Gasteiger partial charge < -0.3 is 19.3 Å². The molecule has 2 aromatic carbocycles. The maximum atomic E-state index is 5.45. The number of methoxy groups -OCH3 is 2. The van der Waals surface area contributed by atoms with Gasteiger partial charge in [0, 0.05) is 26.2 Å². The lowest BCUT2D eigenvalue weighted by atomic mass is 9.86. The number of rotatable bonds is 8. The number of likely N-dealkylation sites (tertiary alicyclic amines) is 2. The van der Waals surface area contributed by atoms with Crippen LogP contribution in [0.4, 0.5) is 0 Å². The van der Waals surface area contributed by atoms with Gasteiger partial charge in [0.1, 0.15) is 0 Å². The number of nitrogens with zero attached hydrogens (tertiary/aromatic N) is 2. The van der Waals surface area contributed by atoms with Crippen LogP contribution in [0.1, 0.15) is 24.0 Å². The highest BCUT2D eigenvalue weighted by Crippen LogP contribution is 2.39. The Labute approximate surface area is 175 Å². The fourth-order valence-corrected chi connectivity index (χ4v) is 5.03. The molecule has 1 spiro atoms. The zero-order valence-electron chi connectivity index (χ0n) is 17.9. The van der Waals surface area contributed by atoms with E-state index in [1.54, 1.807) is 14.2 Å². The number of benzene rings is 2. The van der Waals surface area contributed by atoms with Gasteiger partial charge in [-0.25, -0.2) is 0 Å². The third-order valence-corrected chi connectivity index (χ3v) is 6.76. The fraction of sp³-hybridized carbons (Fsp3) is 0.520. The third kappa shape index (κ3) is 4.93. The van der Waals surface area contributed by atoms with E-state index in [1.807, 2.05) is 6.07 Å². The molecule has 4 heteroatoms. The Bertz CT molecular complexity index is 795. The second-order valence-corrected chi connectivity index (χ2v) is 8.73. The summed E-state index contributed by atoms with van der Waals surface area (Å²) in [4.78, 5) is 5.35. The van der Waals surface area contributed by atoms with Crippen LogP contribution in [0.5, 0.6) is 11.5 Å². The van der Waals surface area contributed by atoms with Crippen LogP contribution in [0, 0.1) is 5.41 Å². The van der Waals surface area contributed by atoms with Gasteiger partial charge in [0.2, 0.25) is 0 Å². The number of ether oxygens (including phenoxy) is 2. The molecule has 0 aliphatic carbocycles. The van der Waals surface area contributed by atoms with Gasteiger partial charge in [-0.15, -0.1) is 0 Å². The quantitative estimate of drug-likeness (QED) is 0.678. The SMILES string of the molecule is COc1ccc(CCN2CCC3(CCN(CCc4ccccc4)C3)C2)cc1OC. The zero-order chi connectivity index (χ0) is 20.1. The second kappa shape index (κ2) is 9.19. The van der Waals surface area contributed by atoms with E-state index >= 15 is 0 Å². The first-order valence-electron chi connectivity index (χ1n) is 10.9. The van der Waals surface area contributed by atoms with E-state index in [1.165, 1.54) is 63.1 Å². The van der Waals surface area contributed by atoms with E-state index in [0.717, 1.165) is 24.5 Å². The summed E-state index contributed by atoms with van der Waals surface area (Å²) in [5, 5.41) is 0. The van der Waals surface area contributed by atoms with Gasteiger partial charge in [-0.2, -0.15) is 0 Å². The lowest BCUT2D eigenvalue weighted by Crippen LogP contribution is -2.32. The van der Waals surface area contributed by atoms with Crippen molar-refractivity contribution in [3.05, 3.63) is 59.7 Å². The van der Waals surface area contributed by atoms with Crippen LogP contribution in [-0.4, -0.2) is 63.3 Å². The van der Waals surface area contributed by atoms with Crippen molar-refractivity contribution in [2.75, 3.05) is 53.5 Å². The monoisotopic (exact) mass is 394 g/mol. The van der Waals surface area contributed by atoms with Gasteiger partial charge in [-0.05, 0) is 67.4 Å². The van der Waals surface area contributed by atoms with E-state index < -0.39 is 0 Å². The summed E-state index contributed by atoms with van der Waals surface area (Å²) in [6.45, 7) is 7.34.